The van der Waals surface area contributed by atoms with E-state index in [9.17, 15) is 14.4 Å². The lowest BCUT2D eigenvalue weighted by atomic mass is 9.85. The zero-order valence-corrected chi connectivity index (χ0v) is 14.4. The molecule has 1 aliphatic heterocycles. The molecule has 0 unspecified atom stereocenters. The normalized spacial score (nSPS) is 29.0. The van der Waals surface area contributed by atoms with Gasteiger partial charge in [0.25, 0.3) is 17.7 Å². The van der Waals surface area contributed by atoms with E-state index in [1.54, 1.807) is 18.2 Å². The third-order valence-corrected chi connectivity index (χ3v) is 5.34. The van der Waals surface area contributed by atoms with Crippen LogP contribution in [0, 0.1) is 23.7 Å². The fourth-order valence-corrected chi connectivity index (χ4v) is 4.20. The fraction of sp³-hybridized carbons (Fsp3) is 0.333. The van der Waals surface area contributed by atoms with Crippen LogP contribution in [0.25, 0.3) is 0 Å². The minimum Gasteiger partial charge on any atom is -0.483 e. The second-order valence-electron chi connectivity index (χ2n) is 6.67. The summed E-state index contributed by atoms with van der Waals surface area (Å²) in [6.45, 7) is -0.302. The maximum absolute atomic E-state index is 12.6. The summed E-state index contributed by atoms with van der Waals surface area (Å²) in [4.78, 5) is 36.1. The summed E-state index contributed by atoms with van der Waals surface area (Å²) in [6.07, 6.45) is 6.26. The van der Waals surface area contributed by atoms with Crippen LogP contribution in [0.15, 0.2) is 35.5 Å². The molecular formula is C18H16ClN3O4. The van der Waals surface area contributed by atoms with Crippen molar-refractivity contribution in [3.8, 4) is 5.75 Å². The molecule has 1 aromatic carbocycles. The Morgan fingerprint density at radius 1 is 1.27 bits per heavy atom. The molecule has 0 spiro atoms. The van der Waals surface area contributed by atoms with Gasteiger partial charge >= 0.3 is 0 Å². The van der Waals surface area contributed by atoms with E-state index in [1.165, 1.54) is 6.21 Å². The van der Waals surface area contributed by atoms with Crippen molar-refractivity contribution in [3.05, 3.63) is 40.9 Å². The lowest BCUT2D eigenvalue weighted by Crippen LogP contribution is -2.28. The second kappa shape index (κ2) is 6.25. The van der Waals surface area contributed by atoms with Crippen molar-refractivity contribution in [2.75, 3.05) is 6.61 Å². The van der Waals surface area contributed by atoms with Crippen LogP contribution in [0.2, 0.25) is 5.02 Å². The van der Waals surface area contributed by atoms with Gasteiger partial charge in [-0.1, -0.05) is 23.8 Å². The number of hydrogen-bond donors (Lipinski definition) is 1. The Hall–Kier alpha value is -2.67. The minimum absolute atomic E-state index is 0.127. The Balaban J connectivity index is 1.57. The fourth-order valence-electron chi connectivity index (χ4n) is 4.02. The first kappa shape index (κ1) is 16.8. The van der Waals surface area contributed by atoms with Crippen LogP contribution >= 0.6 is 11.6 Å². The van der Waals surface area contributed by atoms with Crippen molar-refractivity contribution in [3.63, 3.8) is 0 Å². The number of nitrogens with two attached hydrogens (primary N) is 1. The van der Waals surface area contributed by atoms with Gasteiger partial charge < -0.3 is 10.5 Å². The van der Waals surface area contributed by atoms with Gasteiger partial charge in [0.2, 0.25) is 0 Å². The molecule has 7 nitrogen and oxygen atoms in total. The van der Waals surface area contributed by atoms with Crippen LogP contribution in [0.3, 0.4) is 0 Å². The highest BCUT2D eigenvalue weighted by molar-refractivity contribution is 6.31. The predicted octanol–water partition coefficient (Wildman–Crippen LogP) is 1.35. The maximum Gasteiger partial charge on any atom is 0.255 e. The van der Waals surface area contributed by atoms with Crippen molar-refractivity contribution in [2.24, 2.45) is 34.5 Å². The highest BCUT2D eigenvalue weighted by atomic mass is 35.5. The minimum atomic E-state index is -0.622. The average Bonchev–Trinajstić information content (AvgIpc) is 3.27. The van der Waals surface area contributed by atoms with Gasteiger partial charge in [0, 0.05) is 10.6 Å². The number of benzene rings is 1. The molecule has 4 rings (SSSR count). The number of allylic oxidation sites excluding steroid dienone is 2. The summed E-state index contributed by atoms with van der Waals surface area (Å²) in [5, 5.41) is 5.46. The van der Waals surface area contributed by atoms with E-state index in [1.807, 2.05) is 12.2 Å². The monoisotopic (exact) mass is 373 g/mol. The van der Waals surface area contributed by atoms with E-state index >= 15 is 0 Å². The smallest absolute Gasteiger partial charge is 0.255 e. The number of rotatable bonds is 5. The Bertz CT molecular complexity index is 836. The molecule has 2 fully saturated rings. The van der Waals surface area contributed by atoms with E-state index in [2.05, 4.69) is 5.10 Å². The number of halogens is 1. The number of imide groups is 1. The summed E-state index contributed by atoms with van der Waals surface area (Å²) >= 11 is 5.99. The molecule has 2 N–H and O–H groups in total. The first-order chi connectivity index (χ1) is 12.5. The number of hydrogen-bond acceptors (Lipinski definition) is 5. The molecule has 1 saturated carbocycles. The number of primary amides is 1. The van der Waals surface area contributed by atoms with E-state index in [-0.39, 0.29) is 42.1 Å². The molecule has 1 saturated heterocycles. The topological polar surface area (TPSA) is 102 Å². The van der Waals surface area contributed by atoms with Crippen molar-refractivity contribution in [1.82, 2.24) is 5.01 Å². The van der Waals surface area contributed by atoms with Gasteiger partial charge in [-0.3, -0.25) is 14.4 Å². The quantitative estimate of drug-likeness (QED) is 0.478. The number of fused-ring (bicyclic) bond motifs is 5. The van der Waals surface area contributed by atoms with Gasteiger partial charge in [-0.05, 0) is 36.5 Å². The molecule has 0 radical (unpaired) electrons. The number of hydrazone groups is 1. The van der Waals surface area contributed by atoms with E-state index in [0.717, 1.165) is 11.4 Å². The molecular weight excluding hydrogens is 358 g/mol. The van der Waals surface area contributed by atoms with Crippen LogP contribution in [-0.4, -0.2) is 35.6 Å². The molecule has 3 amide bonds. The highest BCUT2D eigenvalue weighted by Crippen LogP contribution is 2.52. The van der Waals surface area contributed by atoms with Gasteiger partial charge in [0.1, 0.15) is 5.75 Å². The Morgan fingerprint density at radius 3 is 2.54 bits per heavy atom. The molecule has 2 bridgehead atoms. The van der Waals surface area contributed by atoms with Crippen LogP contribution in [0.5, 0.6) is 5.75 Å². The van der Waals surface area contributed by atoms with E-state index in [0.29, 0.717) is 16.3 Å². The SMILES string of the molecule is NC(=O)COc1ccc(Cl)cc1C=NN1C(=O)[C@@H]2[C@H](C1=O)[C@H]1C=C[C@H]2C1. The Morgan fingerprint density at radius 2 is 1.92 bits per heavy atom. The number of carbonyl (C=O) groups is 3. The van der Waals surface area contributed by atoms with Crippen LogP contribution in [0.1, 0.15) is 12.0 Å². The molecule has 4 atom stereocenters. The molecule has 1 aromatic rings. The number of ether oxygens (including phenoxy) is 1. The molecule has 0 aromatic heterocycles. The molecule has 8 heteroatoms. The van der Waals surface area contributed by atoms with Crippen molar-refractivity contribution in [2.45, 2.75) is 6.42 Å². The lowest BCUT2D eigenvalue weighted by molar-refractivity contribution is -0.140. The Labute approximate surface area is 154 Å². The average molecular weight is 374 g/mol. The number of nitrogens with zero attached hydrogens (tertiary/aromatic N) is 2. The largest absolute Gasteiger partial charge is 0.483 e. The standard InChI is InChI=1S/C18H16ClN3O4/c19-12-3-4-13(26-8-14(20)23)11(6-12)7-21-22-17(24)15-9-1-2-10(5-9)16(15)18(22)25/h1-4,6-7,9-10,15-16H,5,8H2,(H2,20,23)/t9-,10-,15-,16+/m0/s1. The summed E-state index contributed by atoms with van der Waals surface area (Å²) in [6, 6.07) is 4.73. The van der Waals surface area contributed by atoms with Gasteiger partial charge in [0.15, 0.2) is 6.61 Å². The lowest BCUT2D eigenvalue weighted by Gasteiger charge is -2.13. The second-order valence-corrected chi connectivity index (χ2v) is 7.11. The zero-order chi connectivity index (χ0) is 18.4. The third kappa shape index (κ3) is 2.68. The van der Waals surface area contributed by atoms with Crippen molar-refractivity contribution in [1.29, 1.82) is 0 Å². The molecule has 2 aliphatic carbocycles. The van der Waals surface area contributed by atoms with Crippen LogP contribution in [0.4, 0.5) is 0 Å². The molecule has 3 aliphatic rings. The predicted molar refractivity (Wildman–Crippen MR) is 93.3 cm³/mol. The van der Waals surface area contributed by atoms with Crippen molar-refractivity contribution < 1.29 is 19.1 Å². The maximum atomic E-state index is 12.6. The van der Waals surface area contributed by atoms with Crippen molar-refractivity contribution >= 4 is 35.5 Å². The molecule has 1 heterocycles. The van der Waals surface area contributed by atoms with Crippen LogP contribution < -0.4 is 10.5 Å². The summed E-state index contributed by atoms with van der Waals surface area (Å²) in [5.74, 6) is -1.19. The van der Waals surface area contributed by atoms with Gasteiger partial charge in [-0.2, -0.15) is 10.1 Å². The molecule has 26 heavy (non-hydrogen) atoms. The van der Waals surface area contributed by atoms with Crippen LogP contribution in [-0.2, 0) is 14.4 Å². The van der Waals surface area contributed by atoms with E-state index in [4.69, 9.17) is 22.1 Å². The zero-order valence-electron chi connectivity index (χ0n) is 13.7. The summed E-state index contributed by atoms with van der Waals surface area (Å²) < 4.78 is 5.32. The van der Waals surface area contributed by atoms with E-state index < -0.39 is 5.91 Å². The number of carbonyl (C=O) groups excluding carboxylic acids is 3. The first-order valence-corrected chi connectivity index (χ1v) is 8.64. The number of amides is 3. The molecule has 134 valence electrons. The van der Waals surface area contributed by atoms with Gasteiger partial charge in [-0.15, -0.1) is 0 Å². The first-order valence-electron chi connectivity index (χ1n) is 8.26. The highest BCUT2D eigenvalue weighted by Gasteiger charge is 2.59. The van der Waals surface area contributed by atoms with Gasteiger partial charge in [0.05, 0.1) is 18.1 Å². The third-order valence-electron chi connectivity index (χ3n) is 5.10. The summed E-state index contributed by atoms with van der Waals surface area (Å²) in [5.41, 5.74) is 5.53. The summed E-state index contributed by atoms with van der Waals surface area (Å²) in [7, 11) is 0. The van der Waals surface area contributed by atoms with Gasteiger partial charge in [-0.25, -0.2) is 0 Å². The Kier molecular flexibility index (Phi) is 4.03.